The Hall–Kier alpha value is -2.99. The first-order valence-electron chi connectivity index (χ1n) is 9.98. The lowest BCUT2D eigenvalue weighted by atomic mass is 9.87. The highest BCUT2D eigenvalue weighted by Crippen LogP contribution is 2.31. The van der Waals surface area contributed by atoms with E-state index in [1.165, 1.54) is 5.56 Å². The molecule has 0 unspecified atom stereocenters. The van der Waals surface area contributed by atoms with E-state index in [1.54, 1.807) is 16.0 Å². The van der Waals surface area contributed by atoms with Gasteiger partial charge in [0, 0.05) is 11.6 Å². The maximum absolute atomic E-state index is 12.8. The fraction of sp³-hybridized carbons (Fsp3) is 0.292. The van der Waals surface area contributed by atoms with Gasteiger partial charge in [-0.05, 0) is 67.1 Å². The van der Waals surface area contributed by atoms with Gasteiger partial charge in [0.1, 0.15) is 5.82 Å². The first-order chi connectivity index (χ1) is 14.1. The molecular weight excluding hydrogens is 392 g/mol. The molecule has 0 atom stereocenters. The fourth-order valence-electron chi connectivity index (χ4n) is 3.28. The molecule has 154 valence electrons. The highest BCUT2D eigenvalue weighted by Gasteiger charge is 2.18. The molecule has 1 N–H and O–H groups in total. The second-order valence-corrected chi connectivity index (χ2v) is 9.77. The summed E-state index contributed by atoms with van der Waals surface area (Å²) in [5.41, 5.74) is 5.98. The van der Waals surface area contributed by atoms with Gasteiger partial charge in [0.2, 0.25) is 5.13 Å². The normalized spacial score (nSPS) is 11.8. The smallest absolute Gasteiger partial charge is 0.256 e. The highest BCUT2D eigenvalue weighted by atomic mass is 32.1. The van der Waals surface area contributed by atoms with Gasteiger partial charge in [-0.25, -0.2) is 4.98 Å². The first kappa shape index (κ1) is 20.3. The van der Waals surface area contributed by atoms with Gasteiger partial charge in [-0.15, -0.1) is 0 Å². The SMILES string of the molecule is Cc1cc(NC(=O)c2ccc(C)c(C)c2)n(-c2nc3ccc(C(C)(C)C)cc3s2)n1. The average Bonchev–Trinajstić information content (AvgIpc) is 3.25. The molecular formula is C24H26N4OS. The van der Waals surface area contributed by atoms with Crippen LogP contribution in [0.5, 0.6) is 0 Å². The van der Waals surface area contributed by atoms with Crippen LogP contribution < -0.4 is 5.32 Å². The number of carbonyl (C=O) groups excluding carboxylic acids is 1. The number of hydrogen-bond acceptors (Lipinski definition) is 4. The van der Waals surface area contributed by atoms with E-state index < -0.39 is 0 Å². The van der Waals surface area contributed by atoms with E-state index in [-0.39, 0.29) is 11.3 Å². The molecule has 0 radical (unpaired) electrons. The maximum Gasteiger partial charge on any atom is 0.256 e. The second-order valence-electron chi connectivity index (χ2n) is 8.76. The lowest BCUT2D eigenvalue weighted by molar-refractivity contribution is 0.102. The Morgan fingerprint density at radius 1 is 1.00 bits per heavy atom. The van der Waals surface area contributed by atoms with Crippen LogP contribution in [0, 0.1) is 20.8 Å². The molecule has 0 aliphatic carbocycles. The monoisotopic (exact) mass is 418 g/mol. The number of aromatic nitrogens is 3. The Labute approximate surface area is 180 Å². The van der Waals surface area contributed by atoms with Crippen LogP contribution in [-0.4, -0.2) is 20.7 Å². The molecule has 2 aromatic carbocycles. The summed E-state index contributed by atoms with van der Waals surface area (Å²) in [5.74, 6) is 0.459. The van der Waals surface area contributed by atoms with Gasteiger partial charge in [0.15, 0.2) is 0 Å². The van der Waals surface area contributed by atoms with Crippen LogP contribution in [0.2, 0.25) is 0 Å². The minimum absolute atomic E-state index is 0.0753. The van der Waals surface area contributed by atoms with Gasteiger partial charge < -0.3 is 5.32 Å². The summed E-state index contributed by atoms with van der Waals surface area (Å²) in [7, 11) is 0. The van der Waals surface area contributed by atoms with Gasteiger partial charge in [0.25, 0.3) is 5.91 Å². The zero-order valence-corrected chi connectivity index (χ0v) is 19.0. The Morgan fingerprint density at radius 3 is 2.47 bits per heavy atom. The summed E-state index contributed by atoms with van der Waals surface area (Å²) in [6.45, 7) is 12.6. The summed E-state index contributed by atoms with van der Waals surface area (Å²) in [4.78, 5) is 17.6. The third-order valence-corrected chi connectivity index (χ3v) is 6.26. The molecule has 0 saturated carbocycles. The Morgan fingerprint density at radius 2 is 1.77 bits per heavy atom. The van der Waals surface area contributed by atoms with Crippen molar-refractivity contribution < 1.29 is 4.79 Å². The van der Waals surface area contributed by atoms with Gasteiger partial charge in [-0.1, -0.05) is 44.2 Å². The van der Waals surface area contributed by atoms with Crippen LogP contribution in [0.15, 0.2) is 42.5 Å². The van der Waals surface area contributed by atoms with E-state index in [2.05, 4.69) is 49.4 Å². The van der Waals surface area contributed by atoms with Crippen molar-refractivity contribution in [2.24, 2.45) is 0 Å². The zero-order chi connectivity index (χ0) is 21.6. The number of carbonyl (C=O) groups is 1. The van der Waals surface area contributed by atoms with Crippen molar-refractivity contribution in [3.05, 3.63) is 70.4 Å². The Balaban J connectivity index is 1.69. The van der Waals surface area contributed by atoms with Crippen molar-refractivity contribution in [2.45, 2.75) is 47.0 Å². The number of nitrogens with zero attached hydrogens (tertiary/aromatic N) is 3. The van der Waals surface area contributed by atoms with E-state index in [0.717, 1.165) is 32.2 Å². The third kappa shape index (κ3) is 3.87. The number of benzene rings is 2. The van der Waals surface area contributed by atoms with E-state index in [9.17, 15) is 4.79 Å². The molecule has 2 heterocycles. The number of anilines is 1. The van der Waals surface area contributed by atoms with Crippen LogP contribution in [0.3, 0.4) is 0 Å². The first-order valence-corrected chi connectivity index (χ1v) is 10.8. The number of aryl methyl sites for hydroxylation is 3. The highest BCUT2D eigenvalue weighted by molar-refractivity contribution is 7.20. The van der Waals surface area contributed by atoms with E-state index >= 15 is 0 Å². The van der Waals surface area contributed by atoms with Crippen molar-refractivity contribution in [1.82, 2.24) is 14.8 Å². The standard InChI is InChI=1S/C24H26N4OS/c1-14-7-8-17(11-15(14)2)22(29)26-21-12-16(3)27-28(21)23-25-19-10-9-18(24(4,5)6)13-20(19)30-23/h7-13H,1-6H3,(H,26,29). The molecule has 0 aliphatic rings. The number of hydrogen-bond donors (Lipinski definition) is 1. The van der Waals surface area contributed by atoms with Gasteiger partial charge in [0.05, 0.1) is 15.9 Å². The van der Waals surface area contributed by atoms with Crippen molar-refractivity contribution in [1.29, 1.82) is 0 Å². The van der Waals surface area contributed by atoms with Crippen molar-refractivity contribution in [3.8, 4) is 5.13 Å². The number of fused-ring (bicyclic) bond motifs is 1. The number of rotatable bonds is 3. The van der Waals surface area contributed by atoms with Gasteiger partial charge >= 0.3 is 0 Å². The topological polar surface area (TPSA) is 59.8 Å². The zero-order valence-electron chi connectivity index (χ0n) is 18.2. The minimum Gasteiger partial charge on any atom is -0.306 e. The molecule has 0 aliphatic heterocycles. The Kier molecular flexibility index (Phi) is 4.98. The molecule has 0 bridgehead atoms. The fourth-order valence-corrected chi connectivity index (χ4v) is 4.25. The lowest BCUT2D eigenvalue weighted by Crippen LogP contribution is -2.15. The molecule has 4 rings (SSSR count). The quantitative estimate of drug-likeness (QED) is 0.447. The number of thiazole rings is 1. The van der Waals surface area contributed by atoms with Crippen LogP contribution in [0.4, 0.5) is 5.82 Å². The predicted octanol–water partition coefficient (Wildman–Crippen LogP) is 5.96. The van der Waals surface area contributed by atoms with Crippen LogP contribution in [-0.2, 0) is 5.41 Å². The van der Waals surface area contributed by atoms with Crippen LogP contribution in [0.25, 0.3) is 15.3 Å². The maximum atomic E-state index is 12.8. The molecule has 0 saturated heterocycles. The molecule has 1 amide bonds. The Bertz CT molecular complexity index is 1260. The molecule has 2 aromatic heterocycles. The minimum atomic E-state index is -0.157. The van der Waals surface area contributed by atoms with E-state index in [0.29, 0.717) is 11.4 Å². The molecule has 30 heavy (non-hydrogen) atoms. The molecule has 0 spiro atoms. The molecule has 6 heteroatoms. The summed E-state index contributed by atoms with van der Waals surface area (Å²) in [6, 6.07) is 14.0. The summed E-state index contributed by atoms with van der Waals surface area (Å²) in [6.07, 6.45) is 0. The van der Waals surface area contributed by atoms with Gasteiger partial charge in [-0.3, -0.25) is 4.79 Å². The number of nitrogens with one attached hydrogen (secondary N) is 1. The van der Waals surface area contributed by atoms with Crippen LogP contribution >= 0.6 is 11.3 Å². The summed E-state index contributed by atoms with van der Waals surface area (Å²) < 4.78 is 2.83. The van der Waals surface area contributed by atoms with Gasteiger partial charge in [-0.2, -0.15) is 9.78 Å². The predicted molar refractivity (Wildman–Crippen MR) is 124 cm³/mol. The van der Waals surface area contributed by atoms with E-state index in [1.807, 2.05) is 45.0 Å². The van der Waals surface area contributed by atoms with Crippen molar-refractivity contribution in [2.75, 3.05) is 5.32 Å². The summed E-state index contributed by atoms with van der Waals surface area (Å²) >= 11 is 1.57. The van der Waals surface area contributed by atoms with Crippen molar-refractivity contribution >= 4 is 33.3 Å². The lowest BCUT2D eigenvalue weighted by Gasteiger charge is -2.18. The summed E-state index contributed by atoms with van der Waals surface area (Å²) in [5, 5.41) is 8.31. The number of amides is 1. The van der Waals surface area contributed by atoms with E-state index in [4.69, 9.17) is 4.98 Å². The van der Waals surface area contributed by atoms with Crippen LogP contribution in [0.1, 0.15) is 53.5 Å². The third-order valence-electron chi connectivity index (χ3n) is 5.27. The largest absolute Gasteiger partial charge is 0.306 e. The molecule has 5 nitrogen and oxygen atoms in total. The second kappa shape index (κ2) is 7.36. The molecule has 0 fully saturated rings. The average molecular weight is 419 g/mol. The molecule has 4 aromatic rings. The van der Waals surface area contributed by atoms with Crippen molar-refractivity contribution in [3.63, 3.8) is 0 Å².